The fraction of sp³-hybridized carbons (Fsp3) is 0. The summed E-state index contributed by atoms with van der Waals surface area (Å²) in [6.45, 7) is 0. The van der Waals surface area contributed by atoms with Crippen LogP contribution in [0.5, 0.6) is 0 Å². The summed E-state index contributed by atoms with van der Waals surface area (Å²) in [5.41, 5.74) is 10.2. The van der Waals surface area contributed by atoms with Gasteiger partial charge >= 0.3 is 0 Å². The molecule has 4 N–H and O–H groups in total. The number of halogens is 1. The summed E-state index contributed by atoms with van der Waals surface area (Å²) in [4.78, 5) is 12.2. The number of nitrogen functional groups attached to an aromatic ring is 1. The van der Waals surface area contributed by atoms with Crippen LogP contribution in [0.1, 0.15) is 0 Å². The smallest absolute Gasteiger partial charge is 0.156 e. The van der Waals surface area contributed by atoms with Gasteiger partial charge in [0.25, 0.3) is 0 Å². The van der Waals surface area contributed by atoms with Crippen LogP contribution in [0.3, 0.4) is 0 Å². The summed E-state index contributed by atoms with van der Waals surface area (Å²) in [6.07, 6.45) is 3.42. The highest BCUT2D eigenvalue weighted by Gasteiger charge is 2.18. The van der Waals surface area contributed by atoms with E-state index >= 15 is 0 Å². The molecule has 0 saturated carbocycles. The van der Waals surface area contributed by atoms with Crippen molar-refractivity contribution in [1.29, 1.82) is 0 Å². The fourth-order valence-electron chi connectivity index (χ4n) is 3.31. The molecule has 136 valence electrons. The molecule has 0 atom stereocenters. The van der Waals surface area contributed by atoms with E-state index in [0.29, 0.717) is 22.6 Å². The molecule has 0 bridgehead atoms. The number of benzene rings is 2. The van der Waals surface area contributed by atoms with Gasteiger partial charge in [-0.25, -0.2) is 9.37 Å². The van der Waals surface area contributed by atoms with Crippen molar-refractivity contribution in [2.24, 2.45) is 0 Å². The number of hydrogen-bond donors (Lipinski definition) is 3. The Labute approximate surface area is 159 Å². The first-order chi connectivity index (χ1) is 13.7. The lowest BCUT2D eigenvalue weighted by atomic mass is 10.0. The van der Waals surface area contributed by atoms with Gasteiger partial charge in [-0.15, -0.1) is 0 Å². The molecule has 0 aliphatic carbocycles. The van der Waals surface area contributed by atoms with Gasteiger partial charge in [0.2, 0.25) is 0 Å². The molecule has 0 aliphatic rings. The minimum atomic E-state index is -0.441. The van der Waals surface area contributed by atoms with Gasteiger partial charge in [-0.3, -0.25) is 10.1 Å². The van der Waals surface area contributed by atoms with Gasteiger partial charge in [-0.2, -0.15) is 5.10 Å². The SMILES string of the molecule is Nc1n[nH]c2cc(-c3nc(-c4ccccc4)[nH]c3-c3ccncc3)cc(F)c12. The maximum Gasteiger partial charge on any atom is 0.156 e. The number of nitrogens with zero attached hydrogens (tertiary/aromatic N) is 3. The number of nitrogens with one attached hydrogen (secondary N) is 2. The minimum absolute atomic E-state index is 0.139. The molecular weight excluding hydrogens is 355 g/mol. The molecule has 6 nitrogen and oxygen atoms in total. The highest BCUT2D eigenvalue weighted by Crippen LogP contribution is 2.35. The molecule has 0 radical (unpaired) electrons. The van der Waals surface area contributed by atoms with Crippen LogP contribution in [0.4, 0.5) is 10.2 Å². The van der Waals surface area contributed by atoms with Crippen LogP contribution in [-0.2, 0) is 0 Å². The number of H-pyrrole nitrogens is 2. The second-order valence-corrected chi connectivity index (χ2v) is 6.40. The molecule has 5 rings (SSSR count). The number of fused-ring (bicyclic) bond motifs is 1. The molecule has 3 aromatic heterocycles. The van der Waals surface area contributed by atoms with Gasteiger partial charge in [0.15, 0.2) is 5.82 Å². The third-order valence-corrected chi connectivity index (χ3v) is 4.64. The van der Waals surface area contributed by atoms with Crippen molar-refractivity contribution in [2.45, 2.75) is 0 Å². The van der Waals surface area contributed by atoms with Gasteiger partial charge in [-0.05, 0) is 24.3 Å². The van der Waals surface area contributed by atoms with Gasteiger partial charge < -0.3 is 10.7 Å². The first kappa shape index (κ1) is 16.2. The third kappa shape index (κ3) is 2.61. The quantitative estimate of drug-likeness (QED) is 0.438. The van der Waals surface area contributed by atoms with Crippen molar-refractivity contribution in [3.63, 3.8) is 0 Å². The Hall–Kier alpha value is -4.00. The van der Waals surface area contributed by atoms with Crippen LogP contribution in [0.2, 0.25) is 0 Å². The Balaban J connectivity index is 1.75. The van der Waals surface area contributed by atoms with E-state index in [2.05, 4.69) is 20.2 Å². The van der Waals surface area contributed by atoms with Crippen LogP contribution in [-0.4, -0.2) is 25.1 Å². The number of anilines is 1. The summed E-state index contributed by atoms with van der Waals surface area (Å²) in [5.74, 6) is 0.399. The van der Waals surface area contributed by atoms with Gasteiger partial charge in [0.05, 0.1) is 22.3 Å². The van der Waals surface area contributed by atoms with Gasteiger partial charge in [0, 0.05) is 29.1 Å². The standard InChI is InChI=1S/C21H15FN6/c22-15-10-14(11-16-17(15)20(23)28-27-16)19-18(12-6-8-24-9-7-12)25-21(26-19)13-4-2-1-3-5-13/h1-11H,(H,25,26)(H3,23,27,28). The van der Waals surface area contributed by atoms with E-state index in [0.717, 1.165) is 16.8 Å². The summed E-state index contributed by atoms with van der Waals surface area (Å²) in [7, 11) is 0. The summed E-state index contributed by atoms with van der Waals surface area (Å²) >= 11 is 0. The zero-order chi connectivity index (χ0) is 19.1. The molecule has 0 aliphatic heterocycles. The lowest BCUT2D eigenvalue weighted by Crippen LogP contribution is -1.89. The normalized spacial score (nSPS) is 11.2. The number of hydrogen-bond acceptors (Lipinski definition) is 4. The number of pyridine rings is 1. The van der Waals surface area contributed by atoms with E-state index in [4.69, 9.17) is 10.7 Å². The molecule has 5 aromatic rings. The molecule has 0 unspecified atom stereocenters. The third-order valence-electron chi connectivity index (χ3n) is 4.64. The van der Waals surface area contributed by atoms with Crippen LogP contribution in [0.15, 0.2) is 67.0 Å². The Kier molecular flexibility index (Phi) is 3.65. The molecule has 2 aromatic carbocycles. The minimum Gasteiger partial charge on any atom is -0.382 e. The zero-order valence-electron chi connectivity index (χ0n) is 14.6. The topological polar surface area (TPSA) is 96.3 Å². The monoisotopic (exact) mass is 370 g/mol. The largest absolute Gasteiger partial charge is 0.382 e. The molecule has 0 fully saturated rings. The average Bonchev–Trinajstić information content (AvgIpc) is 3.34. The van der Waals surface area contributed by atoms with Crippen molar-refractivity contribution in [2.75, 3.05) is 5.73 Å². The Morgan fingerprint density at radius 1 is 0.893 bits per heavy atom. The molecule has 28 heavy (non-hydrogen) atoms. The van der Waals surface area contributed by atoms with E-state index in [-0.39, 0.29) is 11.2 Å². The molecule has 0 amide bonds. The van der Waals surface area contributed by atoms with Crippen LogP contribution >= 0.6 is 0 Å². The van der Waals surface area contributed by atoms with Crippen molar-refractivity contribution in [1.82, 2.24) is 25.1 Å². The maximum atomic E-state index is 14.7. The first-order valence-electron chi connectivity index (χ1n) is 8.70. The van der Waals surface area contributed by atoms with E-state index in [9.17, 15) is 4.39 Å². The summed E-state index contributed by atoms with van der Waals surface area (Å²) < 4.78 is 14.7. The number of imidazole rings is 1. The summed E-state index contributed by atoms with van der Waals surface area (Å²) in [6, 6.07) is 16.8. The highest BCUT2D eigenvalue weighted by molar-refractivity contribution is 5.93. The first-order valence-corrected chi connectivity index (χ1v) is 8.70. The van der Waals surface area contributed by atoms with Gasteiger partial charge in [0.1, 0.15) is 11.6 Å². The molecule has 0 spiro atoms. The van der Waals surface area contributed by atoms with Crippen molar-refractivity contribution >= 4 is 16.7 Å². The molecule has 3 heterocycles. The van der Waals surface area contributed by atoms with Crippen molar-refractivity contribution in [3.05, 3.63) is 72.8 Å². The second-order valence-electron chi connectivity index (χ2n) is 6.40. The Morgan fingerprint density at radius 2 is 1.68 bits per heavy atom. The number of aromatic amines is 2. The fourth-order valence-corrected chi connectivity index (χ4v) is 3.31. The van der Waals surface area contributed by atoms with Crippen molar-refractivity contribution < 1.29 is 4.39 Å². The predicted octanol–water partition coefficient (Wildman–Crippen LogP) is 4.40. The Morgan fingerprint density at radius 3 is 2.46 bits per heavy atom. The number of rotatable bonds is 3. The van der Waals surface area contributed by atoms with Crippen LogP contribution < -0.4 is 5.73 Å². The molecule has 0 saturated heterocycles. The van der Waals surface area contributed by atoms with Gasteiger partial charge in [-0.1, -0.05) is 30.3 Å². The predicted molar refractivity (Wildman–Crippen MR) is 107 cm³/mol. The Bertz CT molecular complexity index is 1270. The van der Waals surface area contributed by atoms with Crippen LogP contribution in [0, 0.1) is 5.82 Å². The lowest BCUT2D eigenvalue weighted by Gasteiger charge is -2.04. The zero-order valence-corrected chi connectivity index (χ0v) is 14.6. The number of nitrogens with two attached hydrogens (primary N) is 1. The van der Waals surface area contributed by atoms with Crippen molar-refractivity contribution in [3.8, 4) is 33.9 Å². The number of aromatic nitrogens is 5. The molecule has 7 heteroatoms. The lowest BCUT2D eigenvalue weighted by molar-refractivity contribution is 0.640. The second kappa shape index (κ2) is 6.31. The molecular formula is C21H15FN6. The van der Waals surface area contributed by atoms with E-state index in [1.165, 1.54) is 6.07 Å². The van der Waals surface area contributed by atoms with E-state index < -0.39 is 5.82 Å². The highest BCUT2D eigenvalue weighted by atomic mass is 19.1. The van der Waals surface area contributed by atoms with E-state index in [1.54, 1.807) is 18.5 Å². The van der Waals surface area contributed by atoms with E-state index in [1.807, 2.05) is 42.5 Å². The summed E-state index contributed by atoms with van der Waals surface area (Å²) in [5, 5.41) is 6.96. The maximum absolute atomic E-state index is 14.7. The average molecular weight is 370 g/mol. The van der Waals surface area contributed by atoms with Crippen LogP contribution in [0.25, 0.3) is 44.8 Å².